The third-order valence-electron chi connectivity index (χ3n) is 3.35. The molecule has 0 radical (unpaired) electrons. The van der Waals surface area contributed by atoms with Gasteiger partial charge >= 0.3 is 5.97 Å². The Morgan fingerprint density at radius 3 is 2.24 bits per heavy atom. The zero-order valence-corrected chi connectivity index (χ0v) is 10.8. The van der Waals surface area contributed by atoms with Gasteiger partial charge in [-0.1, -0.05) is 13.8 Å². The second kappa shape index (κ2) is 4.73. The molecule has 2 amide bonds. The predicted octanol–water partition coefficient (Wildman–Crippen LogP) is 0.0357. The number of methoxy groups -OCH3 is 1. The van der Waals surface area contributed by atoms with Crippen molar-refractivity contribution in [3.05, 3.63) is 0 Å². The number of amides is 2. The van der Waals surface area contributed by atoms with Crippen LogP contribution in [0.1, 0.15) is 20.8 Å². The molecule has 1 saturated heterocycles. The summed E-state index contributed by atoms with van der Waals surface area (Å²) in [6.07, 6.45) is 0. The van der Waals surface area contributed by atoms with Crippen molar-refractivity contribution >= 4 is 17.8 Å². The number of rotatable bonds is 1. The van der Waals surface area contributed by atoms with E-state index in [1.165, 1.54) is 31.1 Å². The fraction of sp³-hybridized carbons (Fsp3) is 0.727. The quantitative estimate of drug-likeness (QED) is 0.609. The lowest BCUT2D eigenvalue weighted by atomic mass is 9.85. The average molecular weight is 242 g/mol. The van der Waals surface area contributed by atoms with Crippen LogP contribution in [-0.2, 0) is 19.1 Å². The fourth-order valence-electron chi connectivity index (χ4n) is 2.15. The van der Waals surface area contributed by atoms with E-state index in [1.54, 1.807) is 13.8 Å². The highest BCUT2D eigenvalue weighted by atomic mass is 16.5. The second-order valence-electron chi connectivity index (χ2n) is 4.34. The molecule has 0 unspecified atom stereocenters. The average Bonchev–Trinajstić information content (AvgIpc) is 2.29. The van der Waals surface area contributed by atoms with E-state index in [9.17, 15) is 14.4 Å². The Hall–Kier alpha value is -1.59. The molecule has 3 atom stereocenters. The molecule has 0 N–H and O–H groups in total. The van der Waals surface area contributed by atoms with Crippen LogP contribution in [0.3, 0.4) is 0 Å². The van der Waals surface area contributed by atoms with Crippen LogP contribution in [0.2, 0.25) is 0 Å². The highest BCUT2D eigenvalue weighted by molar-refractivity contribution is 5.90. The molecule has 1 heterocycles. The van der Waals surface area contributed by atoms with Crippen LogP contribution in [-0.4, -0.2) is 48.0 Å². The van der Waals surface area contributed by atoms with Crippen molar-refractivity contribution in [1.82, 2.24) is 10.0 Å². The molecule has 1 aliphatic heterocycles. The highest BCUT2D eigenvalue weighted by Gasteiger charge is 2.47. The molecular weight excluding hydrogens is 224 g/mol. The van der Waals surface area contributed by atoms with Crippen LogP contribution in [0, 0.1) is 11.8 Å². The summed E-state index contributed by atoms with van der Waals surface area (Å²) in [5.74, 6) is -1.61. The maximum Gasteiger partial charge on any atom is 0.331 e. The maximum atomic E-state index is 11.9. The molecule has 17 heavy (non-hydrogen) atoms. The zero-order chi connectivity index (χ0) is 13.3. The molecule has 6 nitrogen and oxygen atoms in total. The molecule has 6 heteroatoms. The Labute approximate surface area is 100 Å². The van der Waals surface area contributed by atoms with Crippen molar-refractivity contribution < 1.29 is 19.1 Å². The molecule has 0 aromatic rings. The van der Waals surface area contributed by atoms with Crippen LogP contribution in [0.25, 0.3) is 0 Å². The van der Waals surface area contributed by atoms with Gasteiger partial charge in [-0.25, -0.2) is 9.80 Å². The minimum atomic E-state index is -0.741. The fourth-order valence-corrected chi connectivity index (χ4v) is 2.15. The zero-order valence-electron chi connectivity index (χ0n) is 10.8. The molecule has 0 saturated carbocycles. The van der Waals surface area contributed by atoms with Gasteiger partial charge in [-0.2, -0.15) is 0 Å². The number of nitrogens with zero attached hydrogens (tertiary/aromatic N) is 2. The Morgan fingerprint density at radius 2 is 1.82 bits per heavy atom. The van der Waals surface area contributed by atoms with Crippen molar-refractivity contribution in [2.24, 2.45) is 11.8 Å². The van der Waals surface area contributed by atoms with Crippen LogP contribution in [0.4, 0.5) is 0 Å². The van der Waals surface area contributed by atoms with E-state index in [0.29, 0.717) is 0 Å². The molecule has 1 rings (SSSR count). The predicted molar refractivity (Wildman–Crippen MR) is 59.4 cm³/mol. The maximum absolute atomic E-state index is 11.9. The number of esters is 1. The van der Waals surface area contributed by atoms with Crippen molar-refractivity contribution in [3.63, 3.8) is 0 Å². The molecule has 96 valence electrons. The van der Waals surface area contributed by atoms with Crippen LogP contribution < -0.4 is 0 Å². The largest absolute Gasteiger partial charge is 0.467 e. The summed E-state index contributed by atoms with van der Waals surface area (Å²) in [4.78, 5) is 35.2. The van der Waals surface area contributed by atoms with E-state index in [1.807, 2.05) is 0 Å². The van der Waals surface area contributed by atoms with Crippen LogP contribution >= 0.6 is 0 Å². The molecule has 0 aromatic carbocycles. The standard InChI is InChI=1S/C11H18N2O4/c1-6-7(2)10(15)12(4)13(8(3)14)9(6)11(16)17-5/h6-7,9H,1-5H3/t6-,7+,9+/m1/s1. The summed E-state index contributed by atoms with van der Waals surface area (Å²) < 4.78 is 4.70. The van der Waals surface area contributed by atoms with Gasteiger partial charge in [0.15, 0.2) is 6.04 Å². The SMILES string of the molecule is COC(=O)[C@@H]1[C@H](C)[C@H](C)C(=O)N(C)N1C(C)=O. The summed E-state index contributed by atoms with van der Waals surface area (Å²) >= 11 is 0. The first-order chi connectivity index (χ1) is 7.82. The lowest BCUT2D eigenvalue weighted by Gasteiger charge is -2.45. The number of hydrogen-bond donors (Lipinski definition) is 0. The van der Waals surface area contributed by atoms with Gasteiger partial charge in [-0.3, -0.25) is 14.6 Å². The van der Waals surface area contributed by atoms with Crippen molar-refractivity contribution in [3.8, 4) is 0 Å². The van der Waals surface area contributed by atoms with Gasteiger partial charge in [0.2, 0.25) is 11.8 Å². The van der Waals surface area contributed by atoms with E-state index < -0.39 is 12.0 Å². The van der Waals surface area contributed by atoms with Gasteiger partial charge < -0.3 is 4.74 Å². The van der Waals surface area contributed by atoms with E-state index in [-0.39, 0.29) is 23.7 Å². The Balaban J connectivity index is 3.16. The second-order valence-corrected chi connectivity index (χ2v) is 4.34. The molecule has 1 fully saturated rings. The summed E-state index contributed by atoms with van der Waals surface area (Å²) in [5, 5.41) is 2.37. The van der Waals surface area contributed by atoms with Gasteiger partial charge in [0.05, 0.1) is 7.11 Å². The molecule has 1 aliphatic rings. The third-order valence-corrected chi connectivity index (χ3v) is 3.35. The van der Waals surface area contributed by atoms with Crippen molar-refractivity contribution in [1.29, 1.82) is 0 Å². The van der Waals surface area contributed by atoms with Crippen molar-refractivity contribution in [2.75, 3.05) is 14.2 Å². The van der Waals surface area contributed by atoms with Gasteiger partial charge in [-0.05, 0) is 0 Å². The van der Waals surface area contributed by atoms with E-state index >= 15 is 0 Å². The van der Waals surface area contributed by atoms with Gasteiger partial charge in [0.1, 0.15) is 0 Å². The summed E-state index contributed by atoms with van der Waals surface area (Å²) in [7, 11) is 2.76. The third kappa shape index (κ3) is 2.11. The number of hydrogen-bond acceptors (Lipinski definition) is 4. The Morgan fingerprint density at radius 1 is 1.29 bits per heavy atom. The number of carbonyl (C=O) groups is 3. The molecule has 0 aromatic heterocycles. The van der Waals surface area contributed by atoms with Gasteiger partial charge in [0, 0.05) is 25.8 Å². The molecule has 0 spiro atoms. The minimum absolute atomic E-state index is 0.173. The van der Waals surface area contributed by atoms with Crippen LogP contribution in [0.5, 0.6) is 0 Å². The van der Waals surface area contributed by atoms with Gasteiger partial charge in [-0.15, -0.1) is 0 Å². The molecule has 0 bridgehead atoms. The Kier molecular flexibility index (Phi) is 3.75. The first-order valence-electron chi connectivity index (χ1n) is 5.48. The number of carbonyl (C=O) groups excluding carboxylic acids is 3. The topological polar surface area (TPSA) is 66.9 Å². The lowest BCUT2D eigenvalue weighted by Crippen LogP contribution is -2.64. The lowest BCUT2D eigenvalue weighted by molar-refractivity contribution is -0.190. The van der Waals surface area contributed by atoms with Gasteiger partial charge in [0.25, 0.3) is 0 Å². The normalized spacial score (nSPS) is 29.2. The first kappa shape index (κ1) is 13.5. The number of ether oxygens (including phenoxy) is 1. The first-order valence-corrected chi connectivity index (χ1v) is 5.48. The molecule has 0 aliphatic carbocycles. The van der Waals surface area contributed by atoms with E-state index in [4.69, 9.17) is 4.74 Å². The van der Waals surface area contributed by atoms with E-state index in [0.717, 1.165) is 0 Å². The summed E-state index contributed by atoms with van der Waals surface area (Å²) in [5.41, 5.74) is 0. The summed E-state index contributed by atoms with van der Waals surface area (Å²) in [6, 6.07) is -0.741. The van der Waals surface area contributed by atoms with Crippen molar-refractivity contribution in [2.45, 2.75) is 26.8 Å². The monoisotopic (exact) mass is 242 g/mol. The highest BCUT2D eigenvalue weighted by Crippen LogP contribution is 2.29. The minimum Gasteiger partial charge on any atom is -0.467 e. The van der Waals surface area contributed by atoms with E-state index in [2.05, 4.69) is 0 Å². The molecular formula is C11H18N2O4. The van der Waals surface area contributed by atoms with Crippen LogP contribution in [0.15, 0.2) is 0 Å². The Bertz CT molecular complexity index is 355. The number of hydrazine groups is 1. The smallest absolute Gasteiger partial charge is 0.331 e. The summed E-state index contributed by atoms with van der Waals surface area (Å²) in [6.45, 7) is 4.84.